The molecule has 106 valence electrons. The molecule has 0 bridgehead atoms. The van der Waals surface area contributed by atoms with E-state index in [1.807, 2.05) is 12.1 Å². The molecule has 20 heavy (non-hydrogen) atoms. The standard InChI is InChI=1S/C17H20FNO/c1-12(11-13-5-2-3-6-15(13)18)19-16-7-4-8-17-14(16)9-10-20-17/h2-3,5-6,9-10,12,16,19H,4,7-8,11H2,1H3. The minimum absolute atomic E-state index is 0.117. The first kappa shape index (κ1) is 13.4. The average Bonchev–Trinajstić information content (AvgIpc) is 2.91. The molecule has 0 radical (unpaired) electrons. The monoisotopic (exact) mass is 273 g/mol. The maximum atomic E-state index is 13.7. The second-order valence-corrected chi connectivity index (χ2v) is 5.61. The molecule has 3 rings (SSSR count). The Balaban J connectivity index is 1.66. The minimum Gasteiger partial charge on any atom is -0.469 e. The van der Waals surface area contributed by atoms with Gasteiger partial charge in [-0.25, -0.2) is 4.39 Å². The molecular weight excluding hydrogens is 253 g/mol. The third-order valence-electron chi connectivity index (χ3n) is 4.02. The van der Waals surface area contributed by atoms with E-state index in [4.69, 9.17) is 4.42 Å². The zero-order chi connectivity index (χ0) is 13.9. The van der Waals surface area contributed by atoms with Gasteiger partial charge in [0, 0.05) is 24.1 Å². The number of aryl methyl sites for hydroxylation is 1. The van der Waals surface area contributed by atoms with Crippen LogP contribution in [0.3, 0.4) is 0 Å². The third-order valence-corrected chi connectivity index (χ3v) is 4.02. The molecule has 1 aromatic heterocycles. The van der Waals surface area contributed by atoms with E-state index in [0.29, 0.717) is 12.5 Å². The van der Waals surface area contributed by atoms with Crippen LogP contribution in [0.25, 0.3) is 0 Å². The van der Waals surface area contributed by atoms with Gasteiger partial charge in [0.05, 0.1) is 6.26 Å². The Labute approximate surface area is 119 Å². The summed E-state index contributed by atoms with van der Waals surface area (Å²) in [7, 11) is 0. The summed E-state index contributed by atoms with van der Waals surface area (Å²) in [4.78, 5) is 0. The van der Waals surface area contributed by atoms with Crippen LogP contribution in [-0.4, -0.2) is 6.04 Å². The molecule has 1 aliphatic carbocycles. The van der Waals surface area contributed by atoms with Gasteiger partial charge in [-0.05, 0) is 43.9 Å². The van der Waals surface area contributed by atoms with Gasteiger partial charge < -0.3 is 9.73 Å². The fourth-order valence-corrected chi connectivity index (χ4v) is 3.06. The predicted molar refractivity (Wildman–Crippen MR) is 77.1 cm³/mol. The molecule has 1 N–H and O–H groups in total. The largest absolute Gasteiger partial charge is 0.469 e. The zero-order valence-electron chi connectivity index (χ0n) is 11.7. The molecule has 2 nitrogen and oxygen atoms in total. The highest BCUT2D eigenvalue weighted by Gasteiger charge is 2.23. The molecule has 1 aliphatic rings. The Hall–Kier alpha value is -1.61. The Morgan fingerprint density at radius 3 is 3.05 bits per heavy atom. The van der Waals surface area contributed by atoms with Gasteiger partial charge in [0.2, 0.25) is 0 Å². The molecule has 0 saturated heterocycles. The smallest absolute Gasteiger partial charge is 0.126 e. The third kappa shape index (κ3) is 2.78. The molecule has 3 heteroatoms. The second kappa shape index (κ2) is 5.80. The molecule has 1 aromatic carbocycles. The van der Waals surface area contributed by atoms with Gasteiger partial charge in [-0.15, -0.1) is 0 Å². The summed E-state index contributed by atoms with van der Waals surface area (Å²) >= 11 is 0. The second-order valence-electron chi connectivity index (χ2n) is 5.61. The number of hydrogen-bond donors (Lipinski definition) is 1. The fraction of sp³-hybridized carbons (Fsp3) is 0.412. The van der Waals surface area contributed by atoms with Crippen LogP contribution in [0.15, 0.2) is 41.0 Å². The van der Waals surface area contributed by atoms with Crippen LogP contribution >= 0.6 is 0 Å². The SMILES string of the molecule is CC(Cc1ccccc1F)NC1CCCc2occc21. The quantitative estimate of drug-likeness (QED) is 0.910. The van der Waals surface area contributed by atoms with Crippen molar-refractivity contribution in [3.63, 3.8) is 0 Å². The van der Waals surface area contributed by atoms with Crippen LogP contribution in [0, 0.1) is 5.82 Å². The van der Waals surface area contributed by atoms with Gasteiger partial charge in [0.1, 0.15) is 11.6 Å². The van der Waals surface area contributed by atoms with Gasteiger partial charge in [-0.3, -0.25) is 0 Å². The van der Waals surface area contributed by atoms with Crippen LogP contribution in [0.4, 0.5) is 4.39 Å². The Morgan fingerprint density at radius 2 is 2.20 bits per heavy atom. The summed E-state index contributed by atoms with van der Waals surface area (Å²) < 4.78 is 19.2. The van der Waals surface area contributed by atoms with E-state index in [0.717, 1.165) is 30.6 Å². The van der Waals surface area contributed by atoms with Gasteiger partial charge in [-0.2, -0.15) is 0 Å². The molecule has 1 heterocycles. The molecule has 0 amide bonds. The van der Waals surface area contributed by atoms with Crippen LogP contribution in [-0.2, 0) is 12.8 Å². The van der Waals surface area contributed by atoms with E-state index in [9.17, 15) is 4.39 Å². The molecule has 0 spiro atoms. The lowest BCUT2D eigenvalue weighted by Gasteiger charge is -2.26. The maximum absolute atomic E-state index is 13.7. The normalized spacial score (nSPS) is 19.6. The summed E-state index contributed by atoms with van der Waals surface area (Å²) in [6, 6.07) is 9.63. The highest BCUT2D eigenvalue weighted by molar-refractivity contribution is 5.24. The van der Waals surface area contributed by atoms with E-state index >= 15 is 0 Å². The van der Waals surface area contributed by atoms with Crippen LogP contribution in [0.1, 0.15) is 42.7 Å². The van der Waals surface area contributed by atoms with Crippen LogP contribution in [0.2, 0.25) is 0 Å². The first-order valence-corrected chi connectivity index (χ1v) is 7.30. The summed E-state index contributed by atoms with van der Waals surface area (Å²) in [5.41, 5.74) is 2.05. The van der Waals surface area contributed by atoms with E-state index < -0.39 is 0 Å². The predicted octanol–water partition coefficient (Wildman–Crippen LogP) is 4.02. The van der Waals surface area contributed by atoms with Crippen LogP contribution < -0.4 is 5.32 Å². The van der Waals surface area contributed by atoms with Crippen molar-refractivity contribution in [2.24, 2.45) is 0 Å². The Morgan fingerprint density at radius 1 is 1.35 bits per heavy atom. The zero-order valence-corrected chi connectivity index (χ0v) is 11.7. The molecule has 0 fully saturated rings. The van der Waals surface area contributed by atoms with Crippen molar-refractivity contribution >= 4 is 0 Å². The van der Waals surface area contributed by atoms with Gasteiger partial charge in [-0.1, -0.05) is 18.2 Å². The molecule has 0 aliphatic heterocycles. The highest BCUT2D eigenvalue weighted by Crippen LogP contribution is 2.30. The van der Waals surface area contributed by atoms with Crippen molar-refractivity contribution in [2.45, 2.75) is 44.7 Å². The van der Waals surface area contributed by atoms with Gasteiger partial charge >= 0.3 is 0 Å². The number of hydrogen-bond acceptors (Lipinski definition) is 2. The molecule has 2 atom stereocenters. The highest BCUT2D eigenvalue weighted by atomic mass is 19.1. The summed E-state index contributed by atoms with van der Waals surface area (Å²) in [6.45, 7) is 2.11. The lowest BCUT2D eigenvalue weighted by Crippen LogP contribution is -2.33. The average molecular weight is 273 g/mol. The maximum Gasteiger partial charge on any atom is 0.126 e. The van der Waals surface area contributed by atoms with Crippen molar-refractivity contribution in [3.8, 4) is 0 Å². The van der Waals surface area contributed by atoms with Crippen molar-refractivity contribution in [3.05, 3.63) is 59.3 Å². The van der Waals surface area contributed by atoms with Crippen molar-refractivity contribution in [1.82, 2.24) is 5.32 Å². The molecule has 2 unspecified atom stereocenters. The van der Waals surface area contributed by atoms with Gasteiger partial charge in [0.25, 0.3) is 0 Å². The van der Waals surface area contributed by atoms with E-state index in [-0.39, 0.29) is 11.9 Å². The van der Waals surface area contributed by atoms with E-state index in [1.165, 1.54) is 11.6 Å². The number of nitrogens with one attached hydrogen (secondary N) is 1. The number of furan rings is 1. The molecule has 2 aromatic rings. The van der Waals surface area contributed by atoms with Crippen molar-refractivity contribution < 1.29 is 8.81 Å². The van der Waals surface area contributed by atoms with Gasteiger partial charge in [0.15, 0.2) is 0 Å². The topological polar surface area (TPSA) is 25.2 Å². The molecular formula is C17H20FNO. The number of halogens is 1. The summed E-state index contributed by atoms with van der Waals surface area (Å²) in [5, 5.41) is 3.61. The fourth-order valence-electron chi connectivity index (χ4n) is 3.06. The number of fused-ring (bicyclic) bond motifs is 1. The Kier molecular flexibility index (Phi) is 3.88. The molecule has 0 saturated carbocycles. The first-order chi connectivity index (χ1) is 9.74. The first-order valence-electron chi connectivity index (χ1n) is 7.30. The van der Waals surface area contributed by atoms with E-state index in [2.05, 4.69) is 18.3 Å². The lowest BCUT2D eigenvalue weighted by molar-refractivity contribution is 0.379. The number of benzene rings is 1. The Bertz CT molecular complexity index is 578. The number of rotatable bonds is 4. The lowest BCUT2D eigenvalue weighted by atomic mass is 9.92. The summed E-state index contributed by atoms with van der Waals surface area (Å²) in [6.07, 6.45) is 5.77. The van der Waals surface area contributed by atoms with E-state index in [1.54, 1.807) is 12.3 Å². The van der Waals surface area contributed by atoms with Crippen LogP contribution in [0.5, 0.6) is 0 Å². The summed E-state index contributed by atoms with van der Waals surface area (Å²) in [5.74, 6) is 0.987. The van der Waals surface area contributed by atoms with Crippen molar-refractivity contribution in [2.75, 3.05) is 0 Å². The van der Waals surface area contributed by atoms with Crippen molar-refractivity contribution in [1.29, 1.82) is 0 Å². The minimum atomic E-state index is -0.117.